The smallest absolute Gasteiger partial charge is 0.377 e. The van der Waals surface area contributed by atoms with Gasteiger partial charge in [0.15, 0.2) is 0 Å². The number of carbonyl (C=O) groups is 2. The normalized spacial score (nSPS) is 9.83. The molecule has 4 nitrogen and oxygen atoms in total. The van der Waals surface area contributed by atoms with Crippen LogP contribution in [0.2, 0.25) is 0 Å². The maximum Gasteiger partial charge on any atom is 0.377 e. The lowest BCUT2D eigenvalue weighted by Crippen LogP contribution is -2.12. The first-order valence-electron chi connectivity index (χ1n) is 3.46. The van der Waals surface area contributed by atoms with Crippen LogP contribution in [0.4, 0.5) is 0 Å². The first kappa shape index (κ1) is 8.52. The van der Waals surface area contributed by atoms with E-state index in [1.807, 2.05) is 0 Å². The fraction of sp³-hybridized carbons (Fsp3) is 0.250. The molecule has 0 aliphatic heterocycles. The second kappa shape index (κ2) is 2.81. The molecule has 4 heteroatoms. The van der Waals surface area contributed by atoms with E-state index < -0.39 is 11.8 Å². The highest BCUT2D eigenvalue weighted by Crippen LogP contribution is 2.09. The molecule has 0 spiro atoms. The Kier molecular flexibility index (Phi) is 1.99. The molecule has 1 aromatic heterocycles. The van der Waals surface area contributed by atoms with Crippen molar-refractivity contribution in [2.24, 2.45) is 0 Å². The van der Waals surface area contributed by atoms with Crippen molar-refractivity contribution in [1.29, 1.82) is 0 Å². The van der Waals surface area contributed by atoms with E-state index in [9.17, 15) is 9.59 Å². The van der Waals surface area contributed by atoms with Crippen LogP contribution in [-0.2, 0) is 4.79 Å². The van der Waals surface area contributed by atoms with E-state index in [0.29, 0.717) is 5.69 Å². The van der Waals surface area contributed by atoms with Crippen LogP contribution in [0.5, 0.6) is 0 Å². The molecule has 12 heavy (non-hydrogen) atoms. The minimum Gasteiger partial charge on any atom is -0.475 e. The summed E-state index contributed by atoms with van der Waals surface area (Å²) >= 11 is 0. The minimum atomic E-state index is -1.42. The molecule has 2 N–H and O–H groups in total. The summed E-state index contributed by atoms with van der Waals surface area (Å²) in [5, 5.41) is 8.41. The van der Waals surface area contributed by atoms with Gasteiger partial charge in [0, 0.05) is 11.4 Å². The maximum absolute atomic E-state index is 11.0. The monoisotopic (exact) mass is 167 g/mol. The number of Topliss-reactive ketones (excluding diaryl/α,β-unsaturated/α-hetero) is 1. The largest absolute Gasteiger partial charge is 0.475 e. The fourth-order valence-corrected chi connectivity index (χ4v) is 1.07. The van der Waals surface area contributed by atoms with Crippen LogP contribution in [0, 0.1) is 13.8 Å². The molecule has 64 valence electrons. The summed E-state index contributed by atoms with van der Waals surface area (Å²) in [5.41, 5.74) is 1.62. The molecule has 0 fully saturated rings. The summed E-state index contributed by atoms with van der Waals surface area (Å²) in [5.74, 6) is -2.28. The molecular formula is C8H9NO3. The van der Waals surface area contributed by atoms with E-state index >= 15 is 0 Å². The van der Waals surface area contributed by atoms with Gasteiger partial charge in [0.2, 0.25) is 0 Å². The van der Waals surface area contributed by atoms with Gasteiger partial charge in [-0.2, -0.15) is 0 Å². The number of hydrogen-bond acceptors (Lipinski definition) is 2. The Morgan fingerprint density at radius 2 is 2.00 bits per heavy atom. The first-order chi connectivity index (χ1) is 5.52. The molecule has 0 bridgehead atoms. The van der Waals surface area contributed by atoms with Crippen LogP contribution in [0.15, 0.2) is 6.07 Å². The molecule has 0 amide bonds. The fourth-order valence-electron chi connectivity index (χ4n) is 1.07. The van der Waals surface area contributed by atoms with Gasteiger partial charge in [-0.3, -0.25) is 4.79 Å². The lowest BCUT2D eigenvalue weighted by molar-refractivity contribution is -0.131. The third-order valence-corrected chi connectivity index (χ3v) is 1.59. The standard InChI is InChI=1S/C8H9NO3/c1-4-3-6(5(2)9-4)7(10)8(11)12/h3,9H,1-2H3,(H,11,12). The number of hydrogen-bond donors (Lipinski definition) is 2. The van der Waals surface area contributed by atoms with Crippen LogP contribution in [0.1, 0.15) is 21.7 Å². The van der Waals surface area contributed by atoms with Crippen molar-refractivity contribution in [3.63, 3.8) is 0 Å². The number of aromatic nitrogens is 1. The number of carboxylic acid groups (broad SMARTS) is 1. The third kappa shape index (κ3) is 1.37. The minimum absolute atomic E-state index is 0.236. The topological polar surface area (TPSA) is 70.2 Å². The highest BCUT2D eigenvalue weighted by atomic mass is 16.4. The molecule has 0 aliphatic rings. The maximum atomic E-state index is 11.0. The zero-order valence-corrected chi connectivity index (χ0v) is 6.84. The average molecular weight is 167 g/mol. The van der Waals surface area contributed by atoms with Crippen LogP contribution in [-0.4, -0.2) is 21.8 Å². The number of aromatic amines is 1. The Morgan fingerprint density at radius 1 is 1.42 bits per heavy atom. The van der Waals surface area contributed by atoms with Crippen molar-refractivity contribution < 1.29 is 14.7 Å². The molecule has 0 aromatic carbocycles. The SMILES string of the molecule is Cc1cc(C(=O)C(=O)O)c(C)[nH]1. The Hall–Kier alpha value is -1.58. The molecule has 0 radical (unpaired) electrons. The zero-order valence-electron chi connectivity index (χ0n) is 6.84. The van der Waals surface area contributed by atoms with Gasteiger partial charge in [-0.05, 0) is 19.9 Å². The van der Waals surface area contributed by atoms with Crippen LogP contribution >= 0.6 is 0 Å². The number of carbonyl (C=O) groups excluding carboxylic acids is 1. The summed E-state index contributed by atoms with van der Waals surface area (Å²) < 4.78 is 0. The molecule has 0 unspecified atom stereocenters. The van der Waals surface area contributed by atoms with Gasteiger partial charge < -0.3 is 10.1 Å². The lowest BCUT2D eigenvalue weighted by atomic mass is 10.1. The molecule has 0 saturated carbocycles. The third-order valence-electron chi connectivity index (χ3n) is 1.59. The summed E-state index contributed by atoms with van der Waals surface area (Å²) in [7, 11) is 0. The summed E-state index contributed by atoms with van der Waals surface area (Å²) in [6.07, 6.45) is 0. The number of ketones is 1. The second-order valence-corrected chi connectivity index (χ2v) is 2.63. The van der Waals surface area contributed by atoms with E-state index in [-0.39, 0.29) is 5.56 Å². The van der Waals surface area contributed by atoms with Gasteiger partial charge in [-0.25, -0.2) is 4.79 Å². The molecule has 1 aromatic rings. The molecule has 0 atom stereocenters. The number of nitrogens with one attached hydrogen (secondary N) is 1. The van der Waals surface area contributed by atoms with E-state index in [4.69, 9.17) is 5.11 Å². The van der Waals surface area contributed by atoms with Crippen LogP contribution in [0.25, 0.3) is 0 Å². The highest BCUT2D eigenvalue weighted by Gasteiger charge is 2.17. The number of carboxylic acids is 1. The first-order valence-corrected chi connectivity index (χ1v) is 3.46. The quantitative estimate of drug-likeness (QED) is 0.507. The predicted molar refractivity (Wildman–Crippen MR) is 42.2 cm³/mol. The van der Waals surface area contributed by atoms with Gasteiger partial charge in [-0.1, -0.05) is 0 Å². The van der Waals surface area contributed by atoms with Crippen molar-refractivity contribution in [3.8, 4) is 0 Å². The van der Waals surface area contributed by atoms with Crippen molar-refractivity contribution in [1.82, 2.24) is 4.98 Å². The summed E-state index contributed by atoms with van der Waals surface area (Å²) in [6, 6.07) is 1.53. The number of aliphatic carboxylic acids is 1. The number of H-pyrrole nitrogens is 1. The Morgan fingerprint density at radius 3 is 2.33 bits per heavy atom. The van der Waals surface area contributed by atoms with Crippen molar-refractivity contribution in [3.05, 3.63) is 23.0 Å². The molecule has 0 saturated heterocycles. The van der Waals surface area contributed by atoms with E-state index in [2.05, 4.69) is 4.98 Å². The van der Waals surface area contributed by atoms with Crippen LogP contribution < -0.4 is 0 Å². The van der Waals surface area contributed by atoms with E-state index in [1.54, 1.807) is 13.8 Å². The Bertz CT molecular complexity index is 338. The Labute approximate surface area is 69.2 Å². The highest BCUT2D eigenvalue weighted by molar-refractivity contribution is 6.40. The van der Waals surface area contributed by atoms with Gasteiger partial charge in [0.25, 0.3) is 5.78 Å². The van der Waals surface area contributed by atoms with Crippen molar-refractivity contribution in [2.45, 2.75) is 13.8 Å². The predicted octanol–water partition coefficient (Wildman–Crippen LogP) is 0.899. The van der Waals surface area contributed by atoms with Gasteiger partial charge in [-0.15, -0.1) is 0 Å². The number of rotatable bonds is 2. The second-order valence-electron chi connectivity index (χ2n) is 2.63. The summed E-state index contributed by atoms with van der Waals surface area (Å²) in [4.78, 5) is 24.1. The average Bonchev–Trinajstić information content (AvgIpc) is 2.28. The van der Waals surface area contributed by atoms with Crippen molar-refractivity contribution >= 4 is 11.8 Å². The summed E-state index contributed by atoms with van der Waals surface area (Å²) in [6.45, 7) is 3.44. The molecular weight excluding hydrogens is 158 g/mol. The molecule has 0 aliphatic carbocycles. The van der Waals surface area contributed by atoms with Crippen LogP contribution in [0.3, 0.4) is 0 Å². The Balaban J connectivity index is 3.11. The van der Waals surface area contributed by atoms with Gasteiger partial charge >= 0.3 is 5.97 Å². The zero-order chi connectivity index (χ0) is 9.30. The van der Waals surface area contributed by atoms with Gasteiger partial charge in [0.05, 0.1) is 5.56 Å². The van der Waals surface area contributed by atoms with Gasteiger partial charge in [0.1, 0.15) is 0 Å². The molecule has 1 rings (SSSR count). The molecule has 1 heterocycles. The van der Waals surface area contributed by atoms with E-state index in [1.165, 1.54) is 6.07 Å². The van der Waals surface area contributed by atoms with E-state index in [0.717, 1.165) is 5.69 Å². The number of aryl methyl sites for hydroxylation is 2. The van der Waals surface area contributed by atoms with Crippen molar-refractivity contribution in [2.75, 3.05) is 0 Å². The lowest BCUT2D eigenvalue weighted by Gasteiger charge is -1.91.